The van der Waals surface area contributed by atoms with E-state index in [1.165, 1.54) is 19.4 Å². The predicted molar refractivity (Wildman–Crippen MR) is 38.3 cm³/mol. The number of hydrogen-bond acceptors (Lipinski definition) is 1. The van der Waals surface area contributed by atoms with Crippen LogP contribution in [-0.4, -0.2) is 24.5 Å². The normalized spacial score (nSPS) is 50.7. The van der Waals surface area contributed by atoms with Crippen LogP contribution >= 0.6 is 0 Å². The zero-order valence-corrected chi connectivity index (χ0v) is 6.30. The minimum absolute atomic E-state index is 0.878. The van der Waals surface area contributed by atoms with Crippen LogP contribution in [0.15, 0.2) is 0 Å². The number of hydrogen-bond donors (Lipinski definition) is 0. The highest BCUT2D eigenvalue weighted by atomic mass is 15.2. The molecule has 1 nitrogen and oxygen atoms in total. The van der Waals surface area contributed by atoms with Gasteiger partial charge in [0.05, 0.1) is 0 Å². The first-order valence-corrected chi connectivity index (χ1v) is 3.99. The van der Waals surface area contributed by atoms with Gasteiger partial charge in [0.25, 0.3) is 0 Å². The van der Waals surface area contributed by atoms with Crippen molar-refractivity contribution in [2.24, 2.45) is 11.8 Å². The first kappa shape index (κ1) is 5.72. The Labute approximate surface area is 57.0 Å². The molecule has 1 aliphatic carbocycles. The molecule has 2 rings (SSSR count). The van der Waals surface area contributed by atoms with Gasteiger partial charge in [0.15, 0.2) is 0 Å². The lowest BCUT2D eigenvalue weighted by molar-refractivity contribution is 0.205. The molecule has 3 atom stereocenters. The smallest absolute Gasteiger partial charge is 0.00953 e. The summed E-state index contributed by atoms with van der Waals surface area (Å²) in [6.45, 7) is 3.73. The van der Waals surface area contributed by atoms with Crippen molar-refractivity contribution in [1.29, 1.82) is 0 Å². The van der Waals surface area contributed by atoms with Crippen LogP contribution in [0.2, 0.25) is 0 Å². The van der Waals surface area contributed by atoms with Gasteiger partial charge in [-0.2, -0.15) is 0 Å². The average Bonchev–Trinajstić information content (AvgIpc) is 1.92. The summed E-state index contributed by atoms with van der Waals surface area (Å²) in [6.07, 6.45) is 3.00. The van der Waals surface area contributed by atoms with Gasteiger partial charge in [-0.1, -0.05) is 0 Å². The molecule has 1 saturated heterocycles. The Morgan fingerprint density at radius 1 is 1.33 bits per heavy atom. The summed E-state index contributed by atoms with van der Waals surface area (Å²) in [5.41, 5.74) is 0. The molecule has 1 heterocycles. The minimum Gasteiger partial charge on any atom is -0.303 e. The zero-order valence-electron chi connectivity index (χ0n) is 6.30. The Morgan fingerprint density at radius 2 is 2.11 bits per heavy atom. The molecule has 52 valence electrons. The topological polar surface area (TPSA) is 3.24 Å². The van der Waals surface area contributed by atoms with E-state index in [9.17, 15) is 0 Å². The van der Waals surface area contributed by atoms with Gasteiger partial charge in [-0.05, 0) is 38.6 Å². The van der Waals surface area contributed by atoms with Crippen molar-refractivity contribution >= 4 is 0 Å². The Bertz CT molecular complexity index is 118. The highest BCUT2D eigenvalue weighted by molar-refractivity contribution is 4.95. The maximum atomic E-state index is 2.50. The van der Waals surface area contributed by atoms with Crippen LogP contribution < -0.4 is 0 Å². The Hall–Kier alpha value is -0.0400. The monoisotopic (exact) mass is 125 g/mol. The van der Waals surface area contributed by atoms with Crippen molar-refractivity contribution in [3.63, 3.8) is 0 Å². The summed E-state index contributed by atoms with van der Waals surface area (Å²) in [5, 5.41) is 0. The molecule has 0 radical (unpaired) electrons. The molecule has 0 aromatic carbocycles. The van der Waals surface area contributed by atoms with E-state index in [1.807, 2.05) is 0 Å². The van der Waals surface area contributed by atoms with Crippen LogP contribution in [0, 0.1) is 11.8 Å². The van der Waals surface area contributed by atoms with E-state index in [1.54, 1.807) is 0 Å². The Morgan fingerprint density at radius 3 is 2.33 bits per heavy atom. The van der Waals surface area contributed by atoms with Crippen LogP contribution in [0.1, 0.15) is 19.8 Å². The maximum absolute atomic E-state index is 2.50. The largest absolute Gasteiger partial charge is 0.303 e. The van der Waals surface area contributed by atoms with Crippen LogP contribution in [0.4, 0.5) is 0 Å². The minimum atomic E-state index is 0.878. The molecule has 0 aromatic heterocycles. The maximum Gasteiger partial charge on any atom is 0.00953 e. The van der Waals surface area contributed by atoms with Gasteiger partial charge in [0.1, 0.15) is 0 Å². The molecule has 1 aliphatic heterocycles. The van der Waals surface area contributed by atoms with Gasteiger partial charge in [0.2, 0.25) is 0 Å². The van der Waals surface area contributed by atoms with Crippen molar-refractivity contribution in [2.45, 2.75) is 25.8 Å². The average molecular weight is 125 g/mol. The molecule has 0 spiro atoms. The van der Waals surface area contributed by atoms with Crippen LogP contribution in [-0.2, 0) is 0 Å². The van der Waals surface area contributed by atoms with Gasteiger partial charge >= 0.3 is 0 Å². The van der Waals surface area contributed by atoms with Crippen LogP contribution in [0.3, 0.4) is 0 Å². The molecular formula is C8H15N. The molecular weight excluding hydrogens is 110 g/mol. The zero-order chi connectivity index (χ0) is 6.43. The van der Waals surface area contributed by atoms with E-state index in [2.05, 4.69) is 18.9 Å². The molecule has 0 amide bonds. The van der Waals surface area contributed by atoms with Gasteiger partial charge < -0.3 is 4.90 Å². The van der Waals surface area contributed by atoms with E-state index in [0.29, 0.717) is 0 Å². The fourth-order valence-electron chi connectivity index (χ4n) is 2.32. The first-order valence-electron chi connectivity index (χ1n) is 3.99. The first-order chi connectivity index (χ1) is 4.29. The van der Waals surface area contributed by atoms with E-state index in [-0.39, 0.29) is 0 Å². The second-order valence-corrected chi connectivity index (χ2v) is 3.68. The molecule has 3 unspecified atom stereocenters. The molecule has 2 fully saturated rings. The lowest BCUT2D eigenvalue weighted by Gasteiger charge is -2.31. The van der Waals surface area contributed by atoms with Gasteiger partial charge in [0, 0.05) is 12.6 Å². The SMILES string of the molecule is CC1C2CCC2CN1C. The van der Waals surface area contributed by atoms with Crippen molar-refractivity contribution in [2.75, 3.05) is 13.6 Å². The third-order valence-electron chi connectivity index (χ3n) is 3.31. The molecule has 0 aromatic rings. The standard InChI is InChI=1S/C8H15N/c1-6-8-4-3-7(8)5-9(6)2/h6-8H,3-5H2,1-2H3. The summed E-state index contributed by atoms with van der Waals surface area (Å²) in [4.78, 5) is 2.50. The summed E-state index contributed by atoms with van der Waals surface area (Å²) >= 11 is 0. The molecule has 9 heavy (non-hydrogen) atoms. The van der Waals surface area contributed by atoms with E-state index < -0.39 is 0 Å². The van der Waals surface area contributed by atoms with E-state index >= 15 is 0 Å². The van der Waals surface area contributed by atoms with Crippen molar-refractivity contribution in [3.05, 3.63) is 0 Å². The second-order valence-electron chi connectivity index (χ2n) is 3.68. The predicted octanol–water partition coefficient (Wildman–Crippen LogP) is 1.35. The third kappa shape index (κ3) is 0.644. The van der Waals surface area contributed by atoms with Crippen molar-refractivity contribution in [3.8, 4) is 0 Å². The lowest BCUT2D eigenvalue weighted by Crippen LogP contribution is -2.29. The van der Waals surface area contributed by atoms with Gasteiger partial charge in [-0.3, -0.25) is 0 Å². The second kappa shape index (κ2) is 1.72. The fraction of sp³-hybridized carbons (Fsp3) is 1.00. The van der Waals surface area contributed by atoms with E-state index in [0.717, 1.165) is 17.9 Å². The lowest BCUT2D eigenvalue weighted by atomic mass is 9.73. The Kier molecular flexibility index (Phi) is 1.10. The van der Waals surface area contributed by atoms with Gasteiger partial charge in [-0.15, -0.1) is 0 Å². The quantitative estimate of drug-likeness (QED) is 0.472. The number of likely N-dealkylation sites (tertiary alicyclic amines) is 1. The van der Waals surface area contributed by atoms with E-state index in [4.69, 9.17) is 0 Å². The van der Waals surface area contributed by atoms with Crippen LogP contribution in [0.25, 0.3) is 0 Å². The highest BCUT2D eigenvalue weighted by Crippen LogP contribution is 2.43. The molecule has 1 saturated carbocycles. The summed E-state index contributed by atoms with van der Waals surface area (Å²) in [7, 11) is 2.25. The number of rotatable bonds is 0. The summed E-state index contributed by atoms with van der Waals surface area (Å²) < 4.78 is 0. The molecule has 1 heteroatoms. The van der Waals surface area contributed by atoms with Crippen molar-refractivity contribution < 1.29 is 0 Å². The molecule has 0 N–H and O–H groups in total. The number of nitrogens with zero attached hydrogens (tertiary/aromatic N) is 1. The fourth-order valence-corrected chi connectivity index (χ4v) is 2.32. The van der Waals surface area contributed by atoms with Gasteiger partial charge in [-0.25, -0.2) is 0 Å². The summed E-state index contributed by atoms with van der Waals surface area (Å²) in [6, 6.07) is 0.878. The van der Waals surface area contributed by atoms with Crippen LogP contribution in [0.5, 0.6) is 0 Å². The molecule has 0 bridgehead atoms. The summed E-state index contributed by atoms with van der Waals surface area (Å²) in [5.74, 6) is 2.14. The Balaban J connectivity index is 2.07. The van der Waals surface area contributed by atoms with Crippen molar-refractivity contribution in [1.82, 2.24) is 4.90 Å². The number of fused-ring (bicyclic) bond motifs is 1. The molecule has 2 aliphatic rings. The third-order valence-corrected chi connectivity index (χ3v) is 3.31. The highest BCUT2D eigenvalue weighted by Gasteiger charge is 2.42.